The van der Waals surface area contributed by atoms with Crippen molar-refractivity contribution in [2.45, 2.75) is 32.1 Å². The molecule has 1 heterocycles. The lowest BCUT2D eigenvalue weighted by molar-refractivity contribution is 0.0693. The number of hydrogen-bond acceptors (Lipinski definition) is 3. The predicted octanol–water partition coefficient (Wildman–Crippen LogP) is 6.80. The van der Waals surface area contributed by atoms with Gasteiger partial charge in [0.25, 0.3) is 0 Å². The Kier molecular flexibility index (Phi) is 8.07. The van der Waals surface area contributed by atoms with E-state index >= 15 is 4.39 Å². The highest BCUT2D eigenvalue weighted by atomic mass is 19.1. The zero-order valence-corrected chi connectivity index (χ0v) is 22.0. The number of benzene rings is 3. The molecule has 1 saturated heterocycles. The maximum Gasteiger partial charge on any atom is 0.339 e. The van der Waals surface area contributed by atoms with Gasteiger partial charge in [0.1, 0.15) is 22.9 Å². The summed E-state index contributed by atoms with van der Waals surface area (Å²) in [6.45, 7) is 2.46. The van der Waals surface area contributed by atoms with Gasteiger partial charge >= 0.3 is 5.97 Å². The first kappa shape index (κ1) is 27.0. The smallest absolute Gasteiger partial charge is 0.339 e. The van der Waals surface area contributed by atoms with Crippen LogP contribution in [0.5, 0.6) is 5.75 Å². The maximum absolute atomic E-state index is 15.1. The number of nitrogens with zero attached hydrogens (tertiary/aromatic N) is 1. The Bertz CT molecular complexity index is 1390. The fraction of sp³-hybridized carbons (Fsp3) is 0.344. The van der Waals surface area contributed by atoms with E-state index in [-0.39, 0.29) is 12.2 Å². The number of aromatic carboxylic acids is 1. The Morgan fingerprint density at radius 1 is 1.03 bits per heavy atom. The molecule has 204 valence electrons. The average Bonchev–Trinajstić information content (AvgIpc) is 3.09. The van der Waals surface area contributed by atoms with Crippen LogP contribution in [0, 0.1) is 17.6 Å². The van der Waals surface area contributed by atoms with E-state index in [1.807, 2.05) is 12.1 Å². The summed E-state index contributed by atoms with van der Waals surface area (Å²) in [6.07, 6.45) is 3.26. The highest BCUT2D eigenvalue weighted by molar-refractivity contribution is 6.02. The van der Waals surface area contributed by atoms with Gasteiger partial charge in [0.2, 0.25) is 0 Å². The van der Waals surface area contributed by atoms with Gasteiger partial charge in [-0.1, -0.05) is 30.3 Å². The molecule has 5 rings (SSSR count). The fourth-order valence-corrected chi connectivity index (χ4v) is 5.99. The van der Waals surface area contributed by atoms with Gasteiger partial charge in [-0.3, -0.25) is 4.39 Å². The van der Waals surface area contributed by atoms with Crippen LogP contribution in [0.25, 0.3) is 11.1 Å². The largest absolute Gasteiger partial charge is 0.496 e. The first-order chi connectivity index (χ1) is 18.9. The Hall–Kier alpha value is -3.58. The molecule has 0 aromatic heterocycles. The Balaban J connectivity index is 1.56. The molecule has 1 aliphatic heterocycles. The van der Waals surface area contributed by atoms with E-state index in [9.17, 15) is 18.7 Å². The highest BCUT2D eigenvalue weighted by Gasteiger charge is 2.28. The highest BCUT2D eigenvalue weighted by Crippen LogP contribution is 2.44. The van der Waals surface area contributed by atoms with Crippen molar-refractivity contribution in [2.75, 3.05) is 33.4 Å². The van der Waals surface area contributed by atoms with E-state index in [4.69, 9.17) is 4.74 Å². The van der Waals surface area contributed by atoms with Crippen molar-refractivity contribution < 1.29 is 27.8 Å². The summed E-state index contributed by atoms with van der Waals surface area (Å²) in [5.41, 5.74) is 5.62. The number of hydrogen-bond donors (Lipinski definition) is 1. The fourth-order valence-electron chi connectivity index (χ4n) is 5.99. The number of carboxylic acid groups (broad SMARTS) is 1. The molecule has 2 aliphatic rings. The number of ether oxygens (including phenoxy) is 1. The van der Waals surface area contributed by atoms with E-state index in [1.54, 1.807) is 6.07 Å². The quantitative estimate of drug-likeness (QED) is 0.327. The standard InChI is InChI=1S/C32H32F3NO3/c1-39-31-27-5-2-4-25(24-11-10-23(34)17-29(24)35)30(26(27)12-13-28(31)32(37)38)22-8-6-20(7-9-22)16-21-18-36(19-21)15-3-14-33/h6-13,17,21H,2-5,14-16,18-19H2,1H3,(H,37,38). The van der Waals surface area contributed by atoms with Crippen molar-refractivity contribution >= 4 is 17.1 Å². The molecular formula is C32H32F3NO3. The molecule has 0 spiro atoms. The Morgan fingerprint density at radius 2 is 1.77 bits per heavy atom. The molecule has 0 atom stereocenters. The summed E-state index contributed by atoms with van der Waals surface area (Å²) >= 11 is 0. The second-order valence-corrected chi connectivity index (χ2v) is 10.4. The molecule has 3 aromatic rings. The van der Waals surface area contributed by atoms with Gasteiger partial charge in [-0.05, 0) is 84.1 Å². The zero-order valence-electron chi connectivity index (χ0n) is 22.0. The summed E-state index contributed by atoms with van der Waals surface area (Å²) < 4.78 is 46.9. The minimum atomic E-state index is -1.07. The summed E-state index contributed by atoms with van der Waals surface area (Å²) in [4.78, 5) is 14.2. The molecule has 7 heteroatoms. The Labute approximate surface area is 226 Å². The molecule has 4 nitrogen and oxygen atoms in total. The molecule has 0 amide bonds. The SMILES string of the molecule is COc1c(C(=O)O)ccc2c1CCCC(c1ccc(F)cc1F)=C2c1ccc(CC2CN(CCCF)C2)cc1. The molecule has 1 aliphatic carbocycles. The van der Waals surface area contributed by atoms with E-state index in [1.165, 1.54) is 30.9 Å². The molecule has 0 saturated carbocycles. The van der Waals surface area contributed by atoms with Gasteiger partial charge in [-0.25, -0.2) is 13.6 Å². The molecule has 39 heavy (non-hydrogen) atoms. The summed E-state index contributed by atoms with van der Waals surface area (Å²) in [5, 5.41) is 9.73. The maximum atomic E-state index is 15.1. The number of allylic oxidation sites excluding steroid dienone is 1. The third-order valence-electron chi connectivity index (χ3n) is 7.78. The van der Waals surface area contributed by atoms with Crippen molar-refractivity contribution in [1.82, 2.24) is 4.90 Å². The summed E-state index contributed by atoms with van der Waals surface area (Å²) in [6, 6.07) is 15.2. The van der Waals surface area contributed by atoms with Crippen LogP contribution in [0.15, 0.2) is 54.6 Å². The van der Waals surface area contributed by atoms with E-state index in [0.29, 0.717) is 42.9 Å². The number of carbonyl (C=O) groups is 1. The normalized spacial score (nSPS) is 16.0. The molecule has 3 aromatic carbocycles. The van der Waals surface area contributed by atoms with Gasteiger partial charge in [-0.15, -0.1) is 0 Å². The van der Waals surface area contributed by atoms with E-state index in [0.717, 1.165) is 60.0 Å². The molecule has 0 bridgehead atoms. The zero-order chi connectivity index (χ0) is 27.5. The van der Waals surface area contributed by atoms with Crippen LogP contribution in [0.3, 0.4) is 0 Å². The second-order valence-electron chi connectivity index (χ2n) is 10.4. The number of carboxylic acids is 1. The molecule has 1 fully saturated rings. The van der Waals surface area contributed by atoms with Crippen molar-refractivity contribution in [3.8, 4) is 5.75 Å². The number of rotatable bonds is 9. The molecule has 0 radical (unpaired) electrons. The lowest BCUT2D eigenvalue weighted by atomic mass is 9.85. The van der Waals surface area contributed by atoms with Gasteiger partial charge in [0.15, 0.2) is 0 Å². The van der Waals surface area contributed by atoms with E-state index in [2.05, 4.69) is 17.0 Å². The molecular weight excluding hydrogens is 503 g/mol. The first-order valence-electron chi connectivity index (χ1n) is 13.4. The minimum Gasteiger partial charge on any atom is -0.496 e. The van der Waals surface area contributed by atoms with Crippen LogP contribution in [0.4, 0.5) is 13.2 Å². The first-order valence-corrected chi connectivity index (χ1v) is 13.4. The summed E-state index contributed by atoms with van der Waals surface area (Å²) in [7, 11) is 1.46. The van der Waals surface area contributed by atoms with Crippen LogP contribution in [-0.2, 0) is 12.8 Å². The van der Waals surface area contributed by atoms with Crippen LogP contribution >= 0.6 is 0 Å². The van der Waals surface area contributed by atoms with Gasteiger partial charge in [0.05, 0.1) is 13.8 Å². The van der Waals surface area contributed by atoms with Gasteiger partial charge in [0, 0.05) is 36.8 Å². The Morgan fingerprint density at radius 3 is 2.44 bits per heavy atom. The summed E-state index contributed by atoms with van der Waals surface area (Å²) in [5.74, 6) is -1.48. The number of methoxy groups -OCH3 is 1. The number of halogens is 3. The van der Waals surface area contributed by atoms with Crippen LogP contribution in [0.2, 0.25) is 0 Å². The topological polar surface area (TPSA) is 49.8 Å². The van der Waals surface area contributed by atoms with Crippen LogP contribution < -0.4 is 4.74 Å². The number of alkyl halides is 1. The van der Waals surface area contributed by atoms with Crippen molar-refractivity contribution in [1.29, 1.82) is 0 Å². The monoisotopic (exact) mass is 535 g/mol. The minimum absolute atomic E-state index is 0.0865. The predicted molar refractivity (Wildman–Crippen MR) is 146 cm³/mol. The van der Waals surface area contributed by atoms with Crippen LogP contribution in [-0.4, -0.2) is 49.4 Å². The lowest BCUT2D eigenvalue weighted by Gasteiger charge is -2.39. The van der Waals surface area contributed by atoms with Crippen molar-refractivity contribution in [3.05, 3.63) is 99.6 Å². The van der Waals surface area contributed by atoms with Gasteiger partial charge in [-0.2, -0.15) is 0 Å². The van der Waals surface area contributed by atoms with Gasteiger partial charge < -0.3 is 14.7 Å². The number of fused-ring (bicyclic) bond motifs is 1. The van der Waals surface area contributed by atoms with Crippen LogP contribution in [0.1, 0.15) is 57.4 Å². The molecule has 1 N–H and O–H groups in total. The molecule has 0 unspecified atom stereocenters. The van der Waals surface area contributed by atoms with E-state index < -0.39 is 17.6 Å². The van der Waals surface area contributed by atoms with Crippen molar-refractivity contribution in [3.63, 3.8) is 0 Å². The third kappa shape index (κ3) is 5.59. The number of likely N-dealkylation sites (tertiary alicyclic amines) is 1. The van der Waals surface area contributed by atoms with Crippen molar-refractivity contribution in [2.24, 2.45) is 5.92 Å². The average molecular weight is 536 g/mol. The third-order valence-corrected chi connectivity index (χ3v) is 7.78. The lowest BCUT2D eigenvalue weighted by Crippen LogP contribution is -2.47. The second kappa shape index (κ2) is 11.7.